The first kappa shape index (κ1) is 20.3. The Morgan fingerprint density at radius 1 is 1.21 bits per heavy atom. The van der Waals surface area contributed by atoms with Crippen LogP contribution in [-0.2, 0) is 23.1 Å². The van der Waals surface area contributed by atoms with Crippen LogP contribution < -0.4 is 10.6 Å². The first-order chi connectivity index (χ1) is 13.4. The number of hydrogen-bond donors (Lipinski definition) is 2. The number of anilines is 2. The number of nitrogens with one attached hydrogen (secondary N) is 2. The van der Waals surface area contributed by atoms with Gasteiger partial charge in [-0.2, -0.15) is 0 Å². The fraction of sp³-hybridized carbons (Fsp3) is 0.235. The summed E-state index contributed by atoms with van der Waals surface area (Å²) in [6.07, 6.45) is 0.0415. The smallest absolute Gasteiger partial charge is 0.236 e. The van der Waals surface area contributed by atoms with Crippen LogP contribution in [0.15, 0.2) is 34.8 Å². The van der Waals surface area contributed by atoms with E-state index in [0.717, 1.165) is 5.69 Å². The van der Waals surface area contributed by atoms with Gasteiger partial charge >= 0.3 is 0 Å². The van der Waals surface area contributed by atoms with Gasteiger partial charge in [-0.1, -0.05) is 35.5 Å². The fourth-order valence-corrected chi connectivity index (χ4v) is 3.84. The number of nitrogens with zero attached hydrogens (tertiary/aromatic N) is 4. The molecule has 8 nitrogen and oxygen atoms in total. The van der Waals surface area contributed by atoms with E-state index in [1.807, 2.05) is 12.3 Å². The minimum absolute atomic E-state index is 0.0415. The molecule has 28 heavy (non-hydrogen) atoms. The van der Waals surface area contributed by atoms with Crippen molar-refractivity contribution in [2.45, 2.75) is 18.5 Å². The summed E-state index contributed by atoms with van der Waals surface area (Å²) in [5.41, 5.74) is 1.40. The van der Waals surface area contributed by atoms with Crippen LogP contribution in [-0.4, -0.2) is 37.3 Å². The number of carbonyl (C=O) groups excluding carboxylic acids is 2. The van der Waals surface area contributed by atoms with Gasteiger partial charge in [-0.25, -0.2) is 4.98 Å². The predicted molar refractivity (Wildman–Crippen MR) is 111 cm³/mol. The standard InChI is InChI=1S/C17H17ClN6O2S2/c1-10-8-27-16(19-10)21-15(26)9-28-17-23-22-13(24(17)2)7-14(25)20-12-6-4-3-5-11(12)18/h3-6,8H,7,9H2,1-2H3,(H,20,25)(H,19,21,26). The van der Waals surface area contributed by atoms with Crippen LogP contribution in [0.5, 0.6) is 0 Å². The van der Waals surface area contributed by atoms with E-state index in [0.29, 0.717) is 26.8 Å². The minimum Gasteiger partial charge on any atom is -0.324 e. The molecule has 2 aromatic heterocycles. The minimum atomic E-state index is -0.253. The fourth-order valence-electron chi connectivity index (χ4n) is 2.22. The van der Waals surface area contributed by atoms with Gasteiger partial charge in [0.2, 0.25) is 11.8 Å². The van der Waals surface area contributed by atoms with Crippen molar-refractivity contribution in [3.05, 3.63) is 46.2 Å². The van der Waals surface area contributed by atoms with E-state index in [1.165, 1.54) is 23.1 Å². The van der Waals surface area contributed by atoms with Gasteiger partial charge in [-0.3, -0.25) is 9.59 Å². The molecule has 0 radical (unpaired) electrons. The number of aromatic nitrogens is 4. The summed E-state index contributed by atoms with van der Waals surface area (Å²) in [6, 6.07) is 7.00. The lowest BCUT2D eigenvalue weighted by atomic mass is 10.3. The second kappa shape index (κ2) is 9.18. The van der Waals surface area contributed by atoms with E-state index in [-0.39, 0.29) is 24.0 Å². The zero-order valence-corrected chi connectivity index (χ0v) is 17.5. The topological polar surface area (TPSA) is 102 Å². The largest absolute Gasteiger partial charge is 0.324 e. The monoisotopic (exact) mass is 436 g/mol. The van der Waals surface area contributed by atoms with Crippen molar-refractivity contribution in [1.82, 2.24) is 19.7 Å². The van der Waals surface area contributed by atoms with E-state index in [9.17, 15) is 9.59 Å². The molecular weight excluding hydrogens is 420 g/mol. The molecule has 0 unspecified atom stereocenters. The summed E-state index contributed by atoms with van der Waals surface area (Å²) in [7, 11) is 1.75. The van der Waals surface area contributed by atoms with Crippen molar-refractivity contribution in [2.75, 3.05) is 16.4 Å². The molecule has 0 aliphatic rings. The summed E-state index contributed by atoms with van der Waals surface area (Å²) in [5, 5.41) is 17.0. The molecule has 0 atom stereocenters. The zero-order valence-electron chi connectivity index (χ0n) is 15.1. The summed E-state index contributed by atoms with van der Waals surface area (Å²) >= 11 is 8.66. The molecule has 0 saturated carbocycles. The molecule has 0 saturated heterocycles. The van der Waals surface area contributed by atoms with Crippen molar-refractivity contribution in [3.63, 3.8) is 0 Å². The average Bonchev–Trinajstić information content (AvgIpc) is 3.21. The summed E-state index contributed by atoms with van der Waals surface area (Å²) in [6.45, 7) is 1.86. The zero-order chi connectivity index (χ0) is 20.1. The Balaban J connectivity index is 1.53. The van der Waals surface area contributed by atoms with Gasteiger partial charge in [0.05, 0.1) is 28.6 Å². The number of benzene rings is 1. The van der Waals surface area contributed by atoms with Crippen molar-refractivity contribution in [1.29, 1.82) is 0 Å². The van der Waals surface area contributed by atoms with Gasteiger partial charge in [0.1, 0.15) is 5.82 Å². The molecule has 0 fully saturated rings. The lowest BCUT2D eigenvalue weighted by molar-refractivity contribution is -0.116. The molecule has 0 bridgehead atoms. The summed E-state index contributed by atoms with van der Waals surface area (Å²) < 4.78 is 1.69. The molecule has 3 rings (SSSR count). The van der Waals surface area contributed by atoms with Gasteiger partial charge < -0.3 is 15.2 Å². The number of carbonyl (C=O) groups is 2. The second-order valence-electron chi connectivity index (χ2n) is 5.79. The maximum Gasteiger partial charge on any atom is 0.236 e. The molecular formula is C17H17ClN6O2S2. The van der Waals surface area contributed by atoms with Crippen LogP contribution in [0.1, 0.15) is 11.5 Å². The molecule has 1 aromatic carbocycles. The third-order valence-corrected chi connectivity index (χ3v) is 5.81. The van der Waals surface area contributed by atoms with Crippen molar-refractivity contribution in [2.24, 2.45) is 7.05 Å². The molecule has 3 aromatic rings. The Bertz CT molecular complexity index is 1000. The maximum absolute atomic E-state index is 12.2. The summed E-state index contributed by atoms with van der Waals surface area (Å²) in [5.74, 6) is 0.219. The number of amides is 2. The van der Waals surface area contributed by atoms with E-state index in [1.54, 1.807) is 35.9 Å². The van der Waals surface area contributed by atoms with E-state index >= 15 is 0 Å². The molecule has 0 aliphatic carbocycles. The van der Waals surface area contributed by atoms with Gasteiger partial charge in [-0.05, 0) is 19.1 Å². The number of thioether (sulfide) groups is 1. The number of hydrogen-bond acceptors (Lipinski definition) is 7. The van der Waals surface area contributed by atoms with Gasteiger partial charge in [0, 0.05) is 12.4 Å². The highest BCUT2D eigenvalue weighted by Gasteiger charge is 2.15. The lowest BCUT2D eigenvalue weighted by Crippen LogP contribution is -2.17. The number of para-hydroxylation sites is 1. The molecule has 0 spiro atoms. The Labute approximate surface area is 174 Å². The maximum atomic E-state index is 12.2. The second-order valence-corrected chi connectivity index (χ2v) is 8.00. The SMILES string of the molecule is Cc1csc(NC(=O)CSc2nnc(CC(=O)Nc3ccccc3Cl)n2C)n1. The molecule has 2 amide bonds. The van der Waals surface area contributed by atoms with E-state index in [4.69, 9.17) is 11.6 Å². The van der Waals surface area contributed by atoms with Gasteiger partial charge in [0.25, 0.3) is 0 Å². The lowest BCUT2D eigenvalue weighted by Gasteiger charge is -2.07. The Morgan fingerprint density at radius 3 is 2.71 bits per heavy atom. The van der Waals surface area contributed by atoms with Crippen LogP contribution in [0.25, 0.3) is 0 Å². The molecule has 11 heteroatoms. The number of aryl methyl sites for hydroxylation is 1. The normalized spacial score (nSPS) is 10.7. The van der Waals surface area contributed by atoms with Crippen LogP contribution >= 0.6 is 34.7 Å². The van der Waals surface area contributed by atoms with Crippen LogP contribution in [0.3, 0.4) is 0 Å². The Kier molecular flexibility index (Phi) is 6.65. The summed E-state index contributed by atoms with van der Waals surface area (Å²) in [4.78, 5) is 28.5. The molecule has 2 heterocycles. The molecule has 0 aliphatic heterocycles. The number of thiazole rings is 1. The van der Waals surface area contributed by atoms with Crippen LogP contribution in [0.4, 0.5) is 10.8 Å². The van der Waals surface area contributed by atoms with Crippen molar-refractivity contribution < 1.29 is 9.59 Å². The van der Waals surface area contributed by atoms with Crippen molar-refractivity contribution >= 4 is 57.3 Å². The van der Waals surface area contributed by atoms with E-state index in [2.05, 4.69) is 25.8 Å². The van der Waals surface area contributed by atoms with Crippen LogP contribution in [0.2, 0.25) is 5.02 Å². The average molecular weight is 437 g/mol. The number of rotatable bonds is 7. The molecule has 146 valence electrons. The van der Waals surface area contributed by atoms with Gasteiger partial charge in [-0.15, -0.1) is 21.5 Å². The highest BCUT2D eigenvalue weighted by molar-refractivity contribution is 7.99. The van der Waals surface area contributed by atoms with Crippen LogP contribution in [0, 0.1) is 6.92 Å². The van der Waals surface area contributed by atoms with Gasteiger partial charge in [0.15, 0.2) is 10.3 Å². The third-order valence-electron chi connectivity index (χ3n) is 3.59. The Morgan fingerprint density at radius 2 is 2.00 bits per heavy atom. The van der Waals surface area contributed by atoms with E-state index < -0.39 is 0 Å². The third kappa shape index (κ3) is 5.31. The van der Waals surface area contributed by atoms with Crippen molar-refractivity contribution in [3.8, 4) is 0 Å². The highest BCUT2D eigenvalue weighted by atomic mass is 35.5. The predicted octanol–water partition coefficient (Wildman–Crippen LogP) is 3.15. The molecule has 2 N–H and O–H groups in total. The quantitative estimate of drug-likeness (QED) is 0.551. The number of halogens is 1. The Hall–Kier alpha value is -2.43. The highest BCUT2D eigenvalue weighted by Crippen LogP contribution is 2.21. The first-order valence-electron chi connectivity index (χ1n) is 8.20. The first-order valence-corrected chi connectivity index (χ1v) is 10.4.